The molecule has 2 aliphatic rings. The second kappa shape index (κ2) is 4.45. The van der Waals surface area contributed by atoms with Crippen molar-refractivity contribution in [3.8, 4) is 0 Å². The van der Waals surface area contributed by atoms with Crippen molar-refractivity contribution in [1.82, 2.24) is 10.8 Å². The quantitative estimate of drug-likeness (QED) is 0.736. The summed E-state index contributed by atoms with van der Waals surface area (Å²) >= 11 is 0. The Morgan fingerprint density at radius 3 is 2.65 bits per heavy atom. The van der Waals surface area contributed by atoms with E-state index in [9.17, 15) is 18.0 Å². The lowest BCUT2D eigenvalue weighted by atomic mass is 9.92. The lowest BCUT2D eigenvalue weighted by Gasteiger charge is -2.23. The zero-order valence-electron chi connectivity index (χ0n) is 9.27. The van der Waals surface area contributed by atoms with E-state index in [1.54, 1.807) is 0 Å². The number of carbonyl (C=O) groups excluding carboxylic acids is 1. The molecule has 1 saturated heterocycles. The highest BCUT2D eigenvalue weighted by atomic mass is 19.4. The van der Waals surface area contributed by atoms with Crippen molar-refractivity contribution in [2.24, 2.45) is 11.3 Å². The monoisotopic (exact) mass is 252 g/mol. The van der Waals surface area contributed by atoms with E-state index in [1.807, 2.05) is 5.48 Å². The summed E-state index contributed by atoms with van der Waals surface area (Å²) in [5, 5.41) is 3.19. The predicted molar refractivity (Wildman–Crippen MR) is 52.8 cm³/mol. The Hall–Kier alpha value is -0.820. The van der Waals surface area contributed by atoms with Gasteiger partial charge < -0.3 is 5.32 Å². The summed E-state index contributed by atoms with van der Waals surface area (Å²) in [4.78, 5) is 15.7. The predicted octanol–water partition coefficient (Wildman–Crippen LogP) is 0.986. The highest BCUT2D eigenvalue weighted by Gasteiger charge is 2.57. The average Bonchev–Trinajstić information content (AvgIpc) is 2.91. The van der Waals surface area contributed by atoms with Gasteiger partial charge >= 0.3 is 6.18 Å². The first-order chi connectivity index (χ1) is 7.93. The van der Waals surface area contributed by atoms with Gasteiger partial charge in [0.25, 0.3) is 0 Å². The molecule has 7 heteroatoms. The van der Waals surface area contributed by atoms with Crippen molar-refractivity contribution >= 4 is 5.91 Å². The van der Waals surface area contributed by atoms with E-state index in [1.165, 1.54) is 0 Å². The summed E-state index contributed by atoms with van der Waals surface area (Å²) in [7, 11) is 0. The van der Waals surface area contributed by atoms with Gasteiger partial charge in [-0.1, -0.05) is 0 Å². The van der Waals surface area contributed by atoms with Crippen molar-refractivity contribution in [3.63, 3.8) is 0 Å². The molecule has 1 saturated carbocycles. The van der Waals surface area contributed by atoms with Crippen molar-refractivity contribution in [2.45, 2.75) is 25.4 Å². The maximum Gasteiger partial charge on any atom is 0.414 e. The molecule has 0 radical (unpaired) electrons. The number of amides is 1. The Morgan fingerprint density at radius 1 is 1.41 bits per heavy atom. The zero-order valence-corrected chi connectivity index (χ0v) is 9.27. The van der Waals surface area contributed by atoms with E-state index in [4.69, 9.17) is 0 Å². The van der Waals surface area contributed by atoms with E-state index in [0.29, 0.717) is 0 Å². The molecule has 1 heterocycles. The van der Waals surface area contributed by atoms with E-state index < -0.39 is 18.7 Å². The molecule has 1 spiro atoms. The third-order valence-corrected chi connectivity index (χ3v) is 3.51. The van der Waals surface area contributed by atoms with Crippen LogP contribution >= 0.6 is 0 Å². The second-order valence-corrected chi connectivity index (χ2v) is 4.74. The Morgan fingerprint density at radius 2 is 2.06 bits per heavy atom. The molecule has 2 rings (SSSR count). The van der Waals surface area contributed by atoms with Gasteiger partial charge in [0.05, 0.1) is 0 Å². The lowest BCUT2D eigenvalue weighted by Crippen LogP contribution is -2.35. The summed E-state index contributed by atoms with van der Waals surface area (Å²) in [5.74, 6) is -0.603. The minimum absolute atomic E-state index is 0.0108. The van der Waals surface area contributed by atoms with Crippen LogP contribution in [0.5, 0.6) is 0 Å². The van der Waals surface area contributed by atoms with Crippen molar-refractivity contribution < 1.29 is 22.8 Å². The molecule has 4 nitrogen and oxygen atoms in total. The fraction of sp³-hybridized carbons (Fsp3) is 0.900. The lowest BCUT2D eigenvalue weighted by molar-refractivity contribution is -0.192. The first-order valence-corrected chi connectivity index (χ1v) is 5.62. The van der Waals surface area contributed by atoms with Gasteiger partial charge in [0, 0.05) is 5.92 Å². The molecule has 0 aromatic rings. The molecule has 1 aliphatic heterocycles. The van der Waals surface area contributed by atoms with Crippen LogP contribution in [0.2, 0.25) is 0 Å². The normalized spacial score (nSPS) is 26.9. The standard InChI is InChI=1S/C10H15F3N2O2/c11-10(12,13)6-17-15-8(16)7-5-9(7)1-3-14-4-2-9/h7,14H,1-6H2,(H,15,16). The highest BCUT2D eigenvalue weighted by Crippen LogP contribution is 2.58. The zero-order chi connectivity index (χ0) is 12.5. The van der Waals surface area contributed by atoms with Crippen LogP contribution in [0, 0.1) is 11.3 Å². The summed E-state index contributed by atoms with van der Waals surface area (Å²) in [6.07, 6.45) is -1.84. The summed E-state index contributed by atoms with van der Waals surface area (Å²) < 4.78 is 35.4. The SMILES string of the molecule is O=C(NOCC(F)(F)F)C1CC12CCNCC2. The molecule has 1 amide bonds. The number of halogens is 3. The molecular weight excluding hydrogens is 237 g/mol. The maximum absolute atomic E-state index is 11.8. The third kappa shape index (κ3) is 3.10. The number of rotatable bonds is 3. The highest BCUT2D eigenvalue weighted by molar-refractivity contribution is 5.81. The van der Waals surface area contributed by atoms with Crippen LogP contribution in [0.3, 0.4) is 0 Å². The number of hydrogen-bond donors (Lipinski definition) is 2. The van der Waals surface area contributed by atoms with Crippen molar-refractivity contribution in [2.75, 3.05) is 19.7 Å². The van der Waals surface area contributed by atoms with Crippen molar-refractivity contribution in [1.29, 1.82) is 0 Å². The number of alkyl halides is 3. The van der Waals surface area contributed by atoms with Gasteiger partial charge in [0.2, 0.25) is 5.91 Å². The molecule has 0 bridgehead atoms. The van der Waals surface area contributed by atoms with E-state index in [0.717, 1.165) is 32.4 Å². The van der Waals surface area contributed by atoms with Crippen LogP contribution in [-0.2, 0) is 9.63 Å². The molecule has 98 valence electrons. The minimum Gasteiger partial charge on any atom is -0.317 e. The summed E-state index contributed by atoms with van der Waals surface area (Å²) in [5.41, 5.74) is 1.90. The second-order valence-electron chi connectivity index (χ2n) is 4.74. The molecular formula is C10H15F3N2O2. The summed E-state index contributed by atoms with van der Waals surface area (Å²) in [6.45, 7) is 0.292. The molecule has 17 heavy (non-hydrogen) atoms. The largest absolute Gasteiger partial charge is 0.414 e. The number of carbonyl (C=O) groups is 1. The molecule has 1 unspecified atom stereocenters. The first kappa shape index (κ1) is 12.6. The number of piperidine rings is 1. The van der Waals surface area contributed by atoms with Crippen molar-refractivity contribution in [3.05, 3.63) is 0 Å². The van der Waals surface area contributed by atoms with Gasteiger partial charge in [-0.25, -0.2) is 5.48 Å². The first-order valence-electron chi connectivity index (χ1n) is 5.62. The average molecular weight is 252 g/mol. The summed E-state index contributed by atoms with van der Waals surface area (Å²) in [6, 6.07) is 0. The van der Waals surface area contributed by atoms with Gasteiger partial charge in [-0.15, -0.1) is 0 Å². The van der Waals surface area contributed by atoms with Crippen LogP contribution in [0.25, 0.3) is 0 Å². The third-order valence-electron chi connectivity index (χ3n) is 3.51. The number of hydrogen-bond acceptors (Lipinski definition) is 3. The molecule has 2 fully saturated rings. The Labute approximate surface area is 96.8 Å². The van der Waals surface area contributed by atoms with E-state index in [-0.39, 0.29) is 11.3 Å². The van der Waals surface area contributed by atoms with E-state index in [2.05, 4.69) is 10.2 Å². The maximum atomic E-state index is 11.8. The number of nitrogens with one attached hydrogen (secondary N) is 2. The van der Waals surface area contributed by atoms with Gasteiger partial charge in [0.15, 0.2) is 6.61 Å². The number of hydroxylamine groups is 1. The Balaban J connectivity index is 1.71. The molecule has 2 N–H and O–H groups in total. The molecule has 0 aromatic carbocycles. The van der Waals surface area contributed by atoms with Crippen LogP contribution < -0.4 is 10.8 Å². The minimum atomic E-state index is -4.41. The molecule has 1 aliphatic carbocycles. The topological polar surface area (TPSA) is 50.4 Å². The van der Waals surface area contributed by atoms with Crippen LogP contribution in [0.1, 0.15) is 19.3 Å². The van der Waals surface area contributed by atoms with Crippen LogP contribution in [0.4, 0.5) is 13.2 Å². The molecule has 0 aromatic heterocycles. The van der Waals surface area contributed by atoms with Gasteiger partial charge in [-0.05, 0) is 37.8 Å². The van der Waals surface area contributed by atoms with Crippen LogP contribution in [0.15, 0.2) is 0 Å². The smallest absolute Gasteiger partial charge is 0.317 e. The van der Waals surface area contributed by atoms with Crippen LogP contribution in [-0.4, -0.2) is 31.8 Å². The fourth-order valence-corrected chi connectivity index (χ4v) is 2.46. The molecule has 1 atom stereocenters. The van der Waals surface area contributed by atoms with Gasteiger partial charge in [-0.2, -0.15) is 13.2 Å². The Kier molecular flexibility index (Phi) is 3.31. The fourth-order valence-electron chi connectivity index (χ4n) is 2.46. The Bertz CT molecular complexity index is 300. The van der Waals surface area contributed by atoms with Gasteiger partial charge in [-0.3, -0.25) is 9.63 Å². The van der Waals surface area contributed by atoms with E-state index >= 15 is 0 Å². The van der Waals surface area contributed by atoms with Gasteiger partial charge in [0.1, 0.15) is 0 Å².